The maximum atomic E-state index is 14.0. The Hall–Kier alpha value is -2.40. The summed E-state index contributed by atoms with van der Waals surface area (Å²) in [5.41, 5.74) is 10.2. The summed E-state index contributed by atoms with van der Waals surface area (Å²) in [4.78, 5) is 24.8. The van der Waals surface area contributed by atoms with Gasteiger partial charge in [0.1, 0.15) is 5.75 Å². The highest BCUT2D eigenvalue weighted by atomic mass is 16.5. The first kappa shape index (κ1) is 31.6. The molecule has 240 valence electrons. The minimum Gasteiger partial charge on any atom is -0.429 e. The molecular formula is C39H56N2O3. The number of amides is 1. The number of carbonyl (C=O) groups excluding carboxylic acids is 2. The first-order chi connectivity index (χ1) is 20.8. The van der Waals surface area contributed by atoms with E-state index in [0.717, 1.165) is 32.1 Å². The van der Waals surface area contributed by atoms with Crippen LogP contribution in [0.15, 0.2) is 42.5 Å². The van der Waals surface area contributed by atoms with Crippen LogP contribution in [0.2, 0.25) is 0 Å². The average Bonchev–Trinajstić information content (AvgIpc) is 3.38. The van der Waals surface area contributed by atoms with E-state index in [4.69, 9.17) is 10.5 Å². The fourth-order valence-corrected chi connectivity index (χ4v) is 12.8. The van der Waals surface area contributed by atoms with Gasteiger partial charge in [-0.15, -0.1) is 0 Å². The van der Waals surface area contributed by atoms with E-state index in [1.807, 2.05) is 12.1 Å². The van der Waals surface area contributed by atoms with E-state index < -0.39 is 0 Å². The molecule has 9 atom stereocenters. The lowest BCUT2D eigenvalue weighted by atomic mass is 9.32. The fraction of sp³-hybridized carbons (Fsp3) is 0.692. The van der Waals surface area contributed by atoms with Crippen LogP contribution in [-0.4, -0.2) is 25.5 Å². The summed E-state index contributed by atoms with van der Waals surface area (Å²) in [6.45, 7) is 21.1. The monoisotopic (exact) mass is 600 g/mol. The van der Waals surface area contributed by atoms with Gasteiger partial charge >= 0.3 is 0 Å². The molecule has 5 aliphatic rings. The van der Waals surface area contributed by atoms with E-state index in [1.54, 1.807) is 0 Å². The van der Waals surface area contributed by atoms with Crippen molar-refractivity contribution in [2.75, 3.05) is 13.1 Å². The van der Waals surface area contributed by atoms with E-state index in [1.165, 1.54) is 42.4 Å². The number of rotatable bonds is 7. The fourth-order valence-electron chi connectivity index (χ4n) is 12.8. The molecule has 0 spiro atoms. The molecule has 6 rings (SSSR count). The summed E-state index contributed by atoms with van der Waals surface area (Å²) in [6, 6.07) is 8.06. The van der Waals surface area contributed by atoms with Crippen LogP contribution >= 0.6 is 0 Å². The normalized spacial score (nSPS) is 42.1. The van der Waals surface area contributed by atoms with Crippen molar-refractivity contribution in [3.05, 3.63) is 48.1 Å². The smallest absolute Gasteiger partial charge is 0.298 e. The Balaban J connectivity index is 1.35. The standard InChI is InChI=1S/C39H56N2O3/c1-25(2)28-14-19-39(34(43)41-23-22-40)21-20-37(6)30(33(28)39)12-13-32-36(5)17-15-29(26-8-10-27(11-9-26)44-24-42)35(3,4)31(36)16-18-38(32,37)7/h8-11,15,24,28,30-33H,1,12-14,16-23,40H2,2-7H3,(H,41,43)/t28-,30+,31-,32+,33+,36-,37+,38+,39-/m0/s1. The van der Waals surface area contributed by atoms with Gasteiger partial charge in [-0.3, -0.25) is 9.59 Å². The molecular weight excluding hydrogens is 544 g/mol. The van der Waals surface area contributed by atoms with E-state index in [0.29, 0.717) is 54.9 Å². The number of fused-ring (bicyclic) bond motifs is 7. The molecule has 0 unspecified atom stereocenters. The van der Waals surface area contributed by atoms with Gasteiger partial charge in [0, 0.05) is 13.1 Å². The maximum absolute atomic E-state index is 14.0. The zero-order chi connectivity index (χ0) is 31.7. The summed E-state index contributed by atoms with van der Waals surface area (Å²) in [6.07, 6.45) is 12.8. The summed E-state index contributed by atoms with van der Waals surface area (Å²) in [5.74, 6) is 3.44. The largest absolute Gasteiger partial charge is 0.429 e. The Bertz CT molecular complexity index is 1350. The van der Waals surface area contributed by atoms with Gasteiger partial charge in [0.2, 0.25) is 5.91 Å². The molecule has 1 aromatic rings. The molecule has 44 heavy (non-hydrogen) atoms. The molecule has 3 N–H and O–H groups in total. The second kappa shape index (κ2) is 10.9. The van der Waals surface area contributed by atoms with Crippen molar-refractivity contribution >= 4 is 18.0 Å². The Labute approximate surface area is 265 Å². The summed E-state index contributed by atoms with van der Waals surface area (Å²) >= 11 is 0. The predicted octanol–water partition coefficient (Wildman–Crippen LogP) is 7.95. The molecule has 0 aromatic heterocycles. The number of hydrogen-bond donors (Lipinski definition) is 2. The van der Waals surface area contributed by atoms with Crippen molar-refractivity contribution in [1.29, 1.82) is 0 Å². The van der Waals surface area contributed by atoms with Crippen LogP contribution in [0.25, 0.3) is 5.57 Å². The highest BCUT2D eigenvalue weighted by molar-refractivity contribution is 5.84. The van der Waals surface area contributed by atoms with E-state index in [9.17, 15) is 9.59 Å². The van der Waals surface area contributed by atoms with Crippen molar-refractivity contribution in [1.82, 2.24) is 5.32 Å². The van der Waals surface area contributed by atoms with Gasteiger partial charge in [-0.2, -0.15) is 0 Å². The van der Waals surface area contributed by atoms with Gasteiger partial charge in [0.15, 0.2) is 0 Å². The lowest BCUT2D eigenvalue weighted by Crippen LogP contribution is -2.66. The van der Waals surface area contributed by atoms with Crippen LogP contribution in [-0.2, 0) is 9.59 Å². The van der Waals surface area contributed by atoms with Crippen molar-refractivity contribution < 1.29 is 14.3 Å². The van der Waals surface area contributed by atoms with E-state index in [-0.39, 0.29) is 33.0 Å². The van der Waals surface area contributed by atoms with Crippen molar-refractivity contribution in [2.45, 2.75) is 99.3 Å². The Kier molecular flexibility index (Phi) is 7.79. The molecule has 1 amide bonds. The van der Waals surface area contributed by atoms with Gasteiger partial charge in [-0.05, 0) is 139 Å². The molecule has 4 fully saturated rings. The number of nitrogens with two attached hydrogens (primary N) is 1. The average molecular weight is 601 g/mol. The highest BCUT2D eigenvalue weighted by Gasteiger charge is 2.71. The van der Waals surface area contributed by atoms with Gasteiger partial charge < -0.3 is 15.8 Å². The second-order valence-electron chi connectivity index (χ2n) is 16.7. The third-order valence-electron chi connectivity index (χ3n) is 14.9. The van der Waals surface area contributed by atoms with Crippen LogP contribution in [0, 0.1) is 56.7 Å². The van der Waals surface area contributed by atoms with Crippen LogP contribution < -0.4 is 15.8 Å². The zero-order valence-electron chi connectivity index (χ0n) is 28.1. The SMILES string of the molecule is C=C(C)[C@@H]1CC[C@]2(C(=O)NCCN)CC[C@]3(C)[C@H](CC[C@@H]4[C@@]5(C)CC=C(c6ccc(OC=O)cc6)C(C)(C)[C@@H]5CC[C@]43C)[C@@H]12. The van der Waals surface area contributed by atoms with Crippen LogP contribution in [0.5, 0.6) is 5.75 Å². The van der Waals surface area contributed by atoms with Gasteiger partial charge in [0.05, 0.1) is 5.41 Å². The summed E-state index contributed by atoms with van der Waals surface area (Å²) < 4.78 is 5.08. The Morgan fingerprint density at radius 3 is 2.36 bits per heavy atom. The summed E-state index contributed by atoms with van der Waals surface area (Å²) in [5, 5.41) is 3.25. The second-order valence-corrected chi connectivity index (χ2v) is 16.7. The lowest BCUT2D eigenvalue weighted by Gasteiger charge is -2.72. The highest BCUT2D eigenvalue weighted by Crippen LogP contribution is 2.77. The third kappa shape index (κ3) is 4.27. The van der Waals surface area contributed by atoms with Crippen molar-refractivity contribution in [3.63, 3.8) is 0 Å². The van der Waals surface area contributed by atoms with Gasteiger partial charge in [0.25, 0.3) is 6.47 Å². The number of allylic oxidation sites excluding steroid dienone is 3. The number of carbonyl (C=O) groups is 2. The minimum absolute atomic E-state index is 0.0401. The number of ether oxygens (including phenoxy) is 1. The molecule has 0 saturated heterocycles. The molecule has 5 nitrogen and oxygen atoms in total. The first-order valence-electron chi connectivity index (χ1n) is 17.4. The predicted molar refractivity (Wildman–Crippen MR) is 178 cm³/mol. The molecule has 0 radical (unpaired) electrons. The molecule has 4 saturated carbocycles. The molecule has 0 aliphatic heterocycles. The third-order valence-corrected chi connectivity index (χ3v) is 14.9. The van der Waals surface area contributed by atoms with Crippen LogP contribution in [0.4, 0.5) is 0 Å². The lowest BCUT2D eigenvalue weighted by molar-refractivity contribution is -0.225. The molecule has 0 heterocycles. The quantitative estimate of drug-likeness (QED) is 0.246. The molecule has 5 heteroatoms. The first-order valence-corrected chi connectivity index (χ1v) is 17.4. The zero-order valence-corrected chi connectivity index (χ0v) is 28.1. The van der Waals surface area contributed by atoms with Crippen molar-refractivity contribution in [2.24, 2.45) is 62.4 Å². The Morgan fingerprint density at radius 2 is 1.70 bits per heavy atom. The van der Waals surface area contributed by atoms with Crippen LogP contribution in [0.3, 0.4) is 0 Å². The van der Waals surface area contributed by atoms with E-state index >= 15 is 0 Å². The summed E-state index contributed by atoms with van der Waals surface area (Å²) in [7, 11) is 0. The Morgan fingerprint density at radius 1 is 0.977 bits per heavy atom. The topological polar surface area (TPSA) is 81.4 Å². The minimum atomic E-state index is -0.274. The van der Waals surface area contributed by atoms with E-state index in [2.05, 4.69) is 71.6 Å². The van der Waals surface area contributed by atoms with Gasteiger partial charge in [-0.25, -0.2) is 0 Å². The van der Waals surface area contributed by atoms with Gasteiger partial charge in [-0.1, -0.05) is 65.0 Å². The maximum Gasteiger partial charge on any atom is 0.298 e. The molecule has 0 bridgehead atoms. The molecule has 1 aromatic carbocycles. The number of benzene rings is 1. The van der Waals surface area contributed by atoms with Crippen LogP contribution in [0.1, 0.15) is 105 Å². The number of hydrogen-bond acceptors (Lipinski definition) is 4. The number of nitrogens with one attached hydrogen (secondary N) is 1. The molecule has 5 aliphatic carbocycles. The van der Waals surface area contributed by atoms with Crippen molar-refractivity contribution in [3.8, 4) is 5.75 Å².